The molecule has 0 radical (unpaired) electrons. The van der Waals surface area contributed by atoms with Crippen LogP contribution in [0, 0.1) is 0 Å². The second kappa shape index (κ2) is 11.2. The van der Waals surface area contributed by atoms with Crippen LogP contribution in [0.5, 0.6) is 5.75 Å². The Morgan fingerprint density at radius 3 is 2.34 bits per heavy atom. The number of ether oxygens (including phenoxy) is 1. The van der Waals surface area contributed by atoms with Crippen molar-refractivity contribution in [2.45, 2.75) is 13.8 Å². The second-order valence-corrected chi connectivity index (χ2v) is 8.54. The van der Waals surface area contributed by atoms with Crippen molar-refractivity contribution in [1.82, 2.24) is 24.5 Å². The fourth-order valence-corrected chi connectivity index (χ4v) is 4.37. The van der Waals surface area contributed by atoms with Gasteiger partial charge in [0.05, 0.1) is 24.9 Å². The molecule has 2 amide bonds. The minimum absolute atomic E-state index is 0.0558. The number of amides is 2. The summed E-state index contributed by atoms with van der Waals surface area (Å²) in [7, 11) is 1.62. The van der Waals surface area contributed by atoms with Crippen LogP contribution in [0.1, 0.15) is 24.2 Å². The Balaban J connectivity index is 1.55. The number of benzene rings is 2. The van der Waals surface area contributed by atoms with Gasteiger partial charge in [0.15, 0.2) is 0 Å². The summed E-state index contributed by atoms with van der Waals surface area (Å²) >= 11 is 0. The highest BCUT2D eigenvalue weighted by molar-refractivity contribution is 6.00. The number of likely N-dealkylation sites (N-methyl/N-ethyl adjacent to an activating group) is 1. The fraction of sp³-hybridized carbons (Fsp3) is 0.370. The van der Waals surface area contributed by atoms with E-state index >= 15 is 0 Å². The molecule has 0 spiro atoms. The zero-order valence-corrected chi connectivity index (χ0v) is 20.7. The summed E-state index contributed by atoms with van der Waals surface area (Å²) in [5.74, 6) is 0.792. The SMILES string of the molecule is CCN(CC)C(=O)CN1CCN(C(=O)c2cn(-c3ccccc3)nc2-c2cccc(OC)c2)CC1. The lowest BCUT2D eigenvalue weighted by molar-refractivity contribution is -0.132. The minimum atomic E-state index is -0.0558. The number of aromatic nitrogens is 2. The van der Waals surface area contributed by atoms with Crippen molar-refractivity contribution < 1.29 is 14.3 Å². The van der Waals surface area contributed by atoms with Gasteiger partial charge in [-0.15, -0.1) is 0 Å². The predicted octanol–water partition coefficient (Wildman–Crippen LogP) is 3.17. The molecule has 2 heterocycles. The van der Waals surface area contributed by atoms with Gasteiger partial charge in [0.1, 0.15) is 11.4 Å². The van der Waals surface area contributed by atoms with Crippen molar-refractivity contribution in [2.75, 3.05) is 52.9 Å². The van der Waals surface area contributed by atoms with Crippen LogP contribution in [-0.4, -0.2) is 89.2 Å². The van der Waals surface area contributed by atoms with Gasteiger partial charge in [0.2, 0.25) is 5.91 Å². The smallest absolute Gasteiger partial charge is 0.257 e. The van der Waals surface area contributed by atoms with E-state index in [4.69, 9.17) is 9.84 Å². The normalized spacial score (nSPS) is 14.1. The molecule has 8 nitrogen and oxygen atoms in total. The summed E-state index contributed by atoms with van der Waals surface area (Å²) in [6.07, 6.45) is 1.81. The fourth-order valence-electron chi connectivity index (χ4n) is 4.37. The van der Waals surface area contributed by atoms with Crippen LogP contribution in [0.2, 0.25) is 0 Å². The first-order valence-corrected chi connectivity index (χ1v) is 12.1. The standard InChI is InChI=1S/C27H33N5O3/c1-4-30(5-2)25(33)20-29-14-16-31(17-15-29)27(34)24-19-32(22-11-7-6-8-12-22)28-26(24)21-10-9-13-23(18-21)35-3/h6-13,18-19H,4-5,14-17,20H2,1-3H3. The molecule has 0 saturated carbocycles. The highest BCUT2D eigenvalue weighted by atomic mass is 16.5. The summed E-state index contributed by atoms with van der Waals surface area (Å²) < 4.78 is 7.15. The lowest BCUT2D eigenvalue weighted by Crippen LogP contribution is -2.51. The molecule has 0 unspecified atom stereocenters. The van der Waals surface area contributed by atoms with Gasteiger partial charge in [-0.1, -0.05) is 30.3 Å². The van der Waals surface area contributed by atoms with Gasteiger partial charge in [0.25, 0.3) is 5.91 Å². The van der Waals surface area contributed by atoms with Gasteiger partial charge in [-0.2, -0.15) is 5.10 Å². The van der Waals surface area contributed by atoms with Crippen LogP contribution >= 0.6 is 0 Å². The third-order valence-corrected chi connectivity index (χ3v) is 6.44. The van der Waals surface area contributed by atoms with E-state index in [0.29, 0.717) is 62.8 Å². The number of nitrogens with zero attached hydrogens (tertiary/aromatic N) is 5. The average molecular weight is 476 g/mol. The number of hydrogen-bond donors (Lipinski definition) is 0. The summed E-state index contributed by atoms with van der Waals surface area (Å²) in [6, 6.07) is 17.4. The molecule has 1 aromatic heterocycles. The lowest BCUT2D eigenvalue weighted by atomic mass is 10.1. The first-order chi connectivity index (χ1) is 17.0. The Kier molecular flexibility index (Phi) is 7.82. The molecule has 1 saturated heterocycles. The number of carbonyl (C=O) groups excluding carboxylic acids is 2. The molecular weight excluding hydrogens is 442 g/mol. The van der Waals surface area contributed by atoms with Crippen LogP contribution in [0.15, 0.2) is 60.8 Å². The Morgan fingerprint density at radius 2 is 1.69 bits per heavy atom. The van der Waals surface area contributed by atoms with E-state index in [-0.39, 0.29) is 11.8 Å². The number of hydrogen-bond acceptors (Lipinski definition) is 5. The third kappa shape index (κ3) is 5.54. The van der Waals surface area contributed by atoms with Gasteiger partial charge in [-0.25, -0.2) is 4.68 Å². The highest BCUT2D eigenvalue weighted by Crippen LogP contribution is 2.28. The Bertz CT molecular complexity index is 1150. The molecule has 2 aromatic carbocycles. The highest BCUT2D eigenvalue weighted by Gasteiger charge is 2.28. The first kappa shape index (κ1) is 24.5. The van der Waals surface area contributed by atoms with Gasteiger partial charge in [0, 0.05) is 51.0 Å². The second-order valence-electron chi connectivity index (χ2n) is 8.54. The summed E-state index contributed by atoms with van der Waals surface area (Å²) in [4.78, 5) is 32.0. The number of rotatable bonds is 8. The minimum Gasteiger partial charge on any atom is -0.497 e. The zero-order valence-electron chi connectivity index (χ0n) is 20.7. The Labute approximate surface area is 206 Å². The van der Waals surface area contributed by atoms with Crippen LogP contribution in [0.3, 0.4) is 0 Å². The Morgan fingerprint density at radius 1 is 0.971 bits per heavy atom. The van der Waals surface area contributed by atoms with Gasteiger partial charge < -0.3 is 14.5 Å². The molecule has 35 heavy (non-hydrogen) atoms. The molecule has 4 rings (SSSR count). The topological polar surface area (TPSA) is 70.9 Å². The molecular formula is C27H33N5O3. The molecule has 1 aliphatic heterocycles. The van der Waals surface area contributed by atoms with Gasteiger partial charge in [-0.3, -0.25) is 14.5 Å². The van der Waals surface area contributed by atoms with Gasteiger partial charge in [-0.05, 0) is 38.1 Å². The molecule has 0 aliphatic carbocycles. The van der Waals surface area contributed by atoms with E-state index in [1.165, 1.54) is 0 Å². The molecule has 0 atom stereocenters. The monoisotopic (exact) mass is 475 g/mol. The number of para-hydroxylation sites is 1. The van der Waals surface area contributed by atoms with E-state index in [1.807, 2.05) is 84.4 Å². The van der Waals surface area contributed by atoms with E-state index < -0.39 is 0 Å². The van der Waals surface area contributed by atoms with Crippen LogP contribution in [-0.2, 0) is 4.79 Å². The van der Waals surface area contributed by atoms with Crippen molar-refractivity contribution in [1.29, 1.82) is 0 Å². The quantitative estimate of drug-likeness (QED) is 0.501. The van der Waals surface area contributed by atoms with Crippen molar-refractivity contribution in [2.24, 2.45) is 0 Å². The molecule has 3 aromatic rings. The summed E-state index contributed by atoms with van der Waals surface area (Å²) in [6.45, 7) is 8.28. The lowest BCUT2D eigenvalue weighted by Gasteiger charge is -2.35. The number of piperazine rings is 1. The summed E-state index contributed by atoms with van der Waals surface area (Å²) in [5, 5.41) is 4.79. The molecule has 8 heteroatoms. The van der Waals surface area contributed by atoms with Crippen LogP contribution in [0.4, 0.5) is 0 Å². The third-order valence-electron chi connectivity index (χ3n) is 6.44. The molecule has 1 aliphatic rings. The molecule has 1 fully saturated rings. The summed E-state index contributed by atoms with van der Waals surface area (Å²) in [5.41, 5.74) is 2.88. The van der Waals surface area contributed by atoms with Crippen molar-refractivity contribution in [3.05, 3.63) is 66.4 Å². The maximum absolute atomic E-state index is 13.7. The Hall–Kier alpha value is -3.65. The predicted molar refractivity (Wildman–Crippen MR) is 136 cm³/mol. The van der Waals surface area contributed by atoms with Crippen LogP contribution in [0.25, 0.3) is 16.9 Å². The van der Waals surface area contributed by atoms with Crippen molar-refractivity contribution >= 4 is 11.8 Å². The van der Waals surface area contributed by atoms with Crippen molar-refractivity contribution in [3.63, 3.8) is 0 Å². The van der Waals surface area contributed by atoms with Gasteiger partial charge >= 0.3 is 0 Å². The zero-order chi connectivity index (χ0) is 24.8. The largest absolute Gasteiger partial charge is 0.497 e. The van der Waals surface area contributed by atoms with E-state index in [9.17, 15) is 9.59 Å². The van der Waals surface area contributed by atoms with Crippen LogP contribution < -0.4 is 4.74 Å². The molecule has 0 bridgehead atoms. The maximum Gasteiger partial charge on any atom is 0.257 e. The number of carbonyl (C=O) groups is 2. The molecule has 0 N–H and O–H groups in total. The van der Waals surface area contributed by atoms with E-state index in [0.717, 1.165) is 11.3 Å². The van der Waals surface area contributed by atoms with E-state index in [2.05, 4.69) is 4.90 Å². The molecule has 184 valence electrons. The average Bonchev–Trinajstić information content (AvgIpc) is 3.36. The van der Waals surface area contributed by atoms with E-state index in [1.54, 1.807) is 11.8 Å². The van der Waals surface area contributed by atoms with Crippen molar-refractivity contribution in [3.8, 4) is 22.7 Å². The first-order valence-electron chi connectivity index (χ1n) is 12.1. The number of methoxy groups -OCH3 is 1. The maximum atomic E-state index is 13.7.